The van der Waals surface area contributed by atoms with Crippen LogP contribution in [0.2, 0.25) is 0 Å². The van der Waals surface area contributed by atoms with E-state index in [2.05, 4.69) is 24.3 Å². The Morgan fingerprint density at radius 3 is 1.53 bits per heavy atom. The molecule has 0 aromatic heterocycles. The minimum atomic E-state index is -3.30. The van der Waals surface area contributed by atoms with Crippen molar-refractivity contribution in [1.29, 1.82) is 5.26 Å². The smallest absolute Gasteiger partial charge is 0.171 e. The van der Waals surface area contributed by atoms with Crippen LogP contribution in [0.4, 0.5) is 0 Å². The Labute approximate surface area is 210 Å². The van der Waals surface area contributed by atoms with E-state index in [-0.39, 0.29) is 0 Å². The highest BCUT2D eigenvalue weighted by molar-refractivity contribution is 7.85. The van der Waals surface area contributed by atoms with Crippen molar-refractivity contribution in [3.8, 4) is 17.2 Å². The molecule has 0 bridgehead atoms. The molecule has 6 aromatic rings. The summed E-state index contributed by atoms with van der Waals surface area (Å²) in [5.41, 5.74) is 2.26. The van der Waals surface area contributed by atoms with E-state index in [0.717, 1.165) is 48.6 Å². The maximum Gasteiger partial charge on any atom is 0.171 e. The first kappa shape index (κ1) is 22.1. The Morgan fingerprint density at radius 1 is 0.500 bits per heavy atom. The molecule has 0 unspecified atom stereocenters. The van der Waals surface area contributed by atoms with Gasteiger partial charge in [-0.1, -0.05) is 121 Å². The molecule has 0 N–H and O–H groups in total. The van der Waals surface area contributed by atoms with Gasteiger partial charge in [0, 0.05) is 27.0 Å². The second-order valence-corrected chi connectivity index (χ2v) is 11.5. The van der Waals surface area contributed by atoms with Crippen molar-refractivity contribution < 1.29 is 4.57 Å². The molecule has 2 nitrogen and oxygen atoms in total. The maximum absolute atomic E-state index is 15.5. The lowest BCUT2D eigenvalue weighted by Gasteiger charge is -2.25. The molecule has 0 atom stereocenters. The number of hydrogen-bond acceptors (Lipinski definition) is 2. The summed E-state index contributed by atoms with van der Waals surface area (Å²) < 4.78 is 15.5. The molecule has 36 heavy (non-hydrogen) atoms. The van der Waals surface area contributed by atoms with Gasteiger partial charge < -0.3 is 4.57 Å². The molecule has 0 heterocycles. The number of fused-ring (bicyclic) bond motifs is 2. The van der Waals surface area contributed by atoms with E-state index in [9.17, 15) is 5.26 Å². The van der Waals surface area contributed by atoms with Gasteiger partial charge in [0.15, 0.2) is 7.14 Å². The standard InChI is InChI=1S/C33H22NOP/c34-23-26-20-19-24-11-7-9-17-29(24)32(26)33-30-18-10-8-12-25(30)21-22-31(33)36(35,27-13-3-1-4-14-27)28-15-5-2-6-16-28/h1-22H. The van der Waals surface area contributed by atoms with Crippen molar-refractivity contribution in [2.75, 3.05) is 0 Å². The van der Waals surface area contributed by atoms with Crippen LogP contribution in [0.5, 0.6) is 0 Å². The van der Waals surface area contributed by atoms with E-state index in [1.165, 1.54) is 0 Å². The first-order chi connectivity index (χ1) is 17.7. The van der Waals surface area contributed by atoms with Gasteiger partial charge in [-0.25, -0.2) is 0 Å². The number of nitriles is 1. The van der Waals surface area contributed by atoms with Crippen molar-refractivity contribution in [2.45, 2.75) is 0 Å². The van der Waals surface area contributed by atoms with Crippen LogP contribution in [0.15, 0.2) is 133 Å². The molecular formula is C33H22NOP. The van der Waals surface area contributed by atoms with E-state index in [1.54, 1.807) is 0 Å². The highest BCUT2D eigenvalue weighted by Gasteiger charge is 2.34. The number of hydrogen-bond donors (Lipinski definition) is 0. The molecule has 170 valence electrons. The molecule has 0 aliphatic carbocycles. The summed E-state index contributed by atoms with van der Waals surface area (Å²) >= 11 is 0. The molecule has 0 saturated heterocycles. The van der Waals surface area contributed by atoms with Crippen LogP contribution in [-0.4, -0.2) is 0 Å². The van der Waals surface area contributed by atoms with Crippen LogP contribution < -0.4 is 15.9 Å². The van der Waals surface area contributed by atoms with Crippen molar-refractivity contribution in [1.82, 2.24) is 0 Å². The highest BCUT2D eigenvalue weighted by atomic mass is 31.2. The molecule has 0 amide bonds. The van der Waals surface area contributed by atoms with E-state index in [1.807, 2.05) is 115 Å². The molecule has 0 aliphatic rings. The summed E-state index contributed by atoms with van der Waals surface area (Å²) in [5, 5.41) is 16.5. The average molecular weight is 480 g/mol. The van der Waals surface area contributed by atoms with E-state index in [0.29, 0.717) is 5.56 Å². The van der Waals surface area contributed by atoms with Crippen LogP contribution in [0, 0.1) is 11.3 Å². The zero-order chi connectivity index (χ0) is 24.5. The largest absolute Gasteiger partial charge is 0.309 e. The SMILES string of the molecule is N#Cc1ccc2ccccc2c1-c1c(P(=O)(c2ccccc2)c2ccccc2)ccc2ccccc12. The van der Waals surface area contributed by atoms with Gasteiger partial charge >= 0.3 is 0 Å². The molecule has 6 aromatic carbocycles. The lowest BCUT2D eigenvalue weighted by Crippen LogP contribution is -2.26. The van der Waals surface area contributed by atoms with Gasteiger partial charge in [-0.2, -0.15) is 5.26 Å². The third-order valence-electron chi connectivity index (χ3n) is 6.79. The topological polar surface area (TPSA) is 40.9 Å². The predicted molar refractivity (Wildman–Crippen MR) is 151 cm³/mol. The van der Waals surface area contributed by atoms with Crippen molar-refractivity contribution in [2.24, 2.45) is 0 Å². The third kappa shape index (κ3) is 3.45. The maximum atomic E-state index is 15.5. The summed E-state index contributed by atoms with van der Waals surface area (Å²) in [6.07, 6.45) is 0. The first-order valence-corrected chi connectivity index (χ1v) is 13.6. The normalized spacial score (nSPS) is 11.4. The van der Waals surface area contributed by atoms with Crippen LogP contribution >= 0.6 is 7.14 Å². The van der Waals surface area contributed by atoms with Crippen LogP contribution in [0.1, 0.15) is 5.56 Å². The molecule has 0 spiro atoms. The summed E-state index contributed by atoms with van der Waals surface area (Å²) in [4.78, 5) is 0. The van der Waals surface area contributed by atoms with Gasteiger partial charge in [0.05, 0.1) is 11.6 Å². The molecule has 3 heteroatoms. The van der Waals surface area contributed by atoms with Gasteiger partial charge in [-0.15, -0.1) is 0 Å². The second kappa shape index (κ2) is 8.97. The van der Waals surface area contributed by atoms with Crippen molar-refractivity contribution in [3.05, 3.63) is 139 Å². The Kier molecular flexibility index (Phi) is 5.49. The predicted octanol–water partition coefficient (Wildman–Crippen LogP) is 7.17. The van der Waals surface area contributed by atoms with Gasteiger partial charge in [-0.3, -0.25) is 0 Å². The number of rotatable bonds is 4. The first-order valence-electron chi connectivity index (χ1n) is 11.9. The van der Waals surface area contributed by atoms with Crippen LogP contribution in [-0.2, 0) is 4.57 Å². The lowest BCUT2D eigenvalue weighted by atomic mass is 9.90. The molecule has 0 aliphatic heterocycles. The minimum absolute atomic E-state index is 0.568. The Hall–Kier alpha value is -4.44. The van der Waals surface area contributed by atoms with Gasteiger partial charge in [0.2, 0.25) is 0 Å². The highest BCUT2D eigenvalue weighted by Crippen LogP contribution is 2.48. The van der Waals surface area contributed by atoms with Crippen LogP contribution in [0.25, 0.3) is 32.7 Å². The summed E-state index contributed by atoms with van der Waals surface area (Å²) in [7, 11) is -3.30. The zero-order valence-corrected chi connectivity index (χ0v) is 20.4. The van der Waals surface area contributed by atoms with Crippen molar-refractivity contribution >= 4 is 44.6 Å². The molecule has 6 rings (SSSR count). The third-order valence-corrected chi connectivity index (χ3v) is 9.89. The minimum Gasteiger partial charge on any atom is -0.309 e. The Balaban J connectivity index is 1.84. The molecule has 0 radical (unpaired) electrons. The summed E-state index contributed by atoms with van der Waals surface area (Å²) in [6, 6.07) is 46.0. The lowest BCUT2D eigenvalue weighted by molar-refractivity contribution is 0.592. The van der Waals surface area contributed by atoms with E-state index >= 15 is 4.57 Å². The fourth-order valence-corrected chi connectivity index (χ4v) is 7.99. The van der Waals surface area contributed by atoms with Gasteiger partial charge in [0.1, 0.15) is 0 Å². The quantitative estimate of drug-likeness (QED) is 0.252. The summed E-state index contributed by atoms with van der Waals surface area (Å²) in [5.74, 6) is 0. The zero-order valence-electron chi connectivity index (χ0n) is 19.5. The van der Waals surface area contributed by atoms with E-state index in [4.69, 9.17) is 0 Å². The fourth-order valence-electron chi connectivity index (χ4n) is 5.12. The van der Waals surface area contributed by atoms with Crippen molar-refractivity contribution in [3.63, 3.8) is 0 Å². The molecular weight excluding hydrogens is 457 g/mol. The average Bonchev–Trinajstić information content (AvgIpc) is 2.96. The van der Waals surface area contributed by atoms with Gasteiger partial charge in [-0.05, 0) is 33.7 Å². The number of benzene rings is 6. The van der Waals surface area contributed by atoms with Crippen LogP contribution in [0.3, 0.4) is 0 Å². The monoisotopic (exact) mass is 479 g/mol. The molecule has 0 fully saturated rings. The second-order valence-electron chi connectivity index (χ2n) is 8.78. The fraction of sp³-hybridized carbons (Fsp3) is 0. The van der Waals surface area contributed by atoms with E-state index < -0.39 is 7.14 Å². The summed E-state index contributed by atoms with van der Waals surface area (Å²) in [6.45, 7) is 0. The Bertz CT molecular complexity index is 1770. The Morgan fingerprint density at radius 2 is 0.972 bits per heavy atom. The molecule has 0 saturated carbocycles. The van der Waals surface area contributed by atoms with Gasteiger partial charge in [0.25, 0.3) is 0 Å². The number of nitrogens with zero attached hydrogens (tertiary/aromatic N) is 1.